The number of benzene rings is 1. The molecule has 0 aliphatic rings. The van der Waals surface area contributed by atoms with E-state index in [1.54, 1.807) is 6.92 Å². The maximum absolute atomic E-state index is 14.0. The van der Waals surface area contributed by atoms with Gasteiger partial charge in [-0.15, -0.1) is 0 Å². The summed E-state index contributed by atoms with van der Waals surface area (Å²) < 4.78 is 41.6. The molecular formula is C30H39ClFNO8. The van der Waals surface area contributed by atoms with Crippen LogP contribution in [-0.2, 0) is 19.1 Å². The molecule has 9 nitrogen and oxygen atoms in total. The number of carbonyl (C=O) groups excluding carboxylic acids is 3. The minimum atomic E-state index is -0.815. The second-order valence-corrected chi connectivity index (χ2v) is 10.4. The van der Waals surface area contributed by atoms with Crippen molar-refractivity contribution in [3.63, 3.8) is 0 Å². The number of pyridine rings is 1. The van der Waals surface area contributed by atoms with Gasteiger partial charge in [-0.25, -0.2) is 9.37 Å². The van der Waals surface area contributed by atoms with E-state index in [-0.39, 0.29) is 46.2 Å². The Labute approximate surface area is 245 Å². The van der Waals surface area contributed by atoms with E-state index in [4.69, 9.17) is 35.3 Å². The minimum Gasteiger partial charge on any atom is -0.493 e. The number of carbonyl (C=O) groups is 3. The zero-order valence-corrected chi connectivity index (χ0v) is 25.3. The smallest absolute Gasteiger partial charge is 0.310 e. The van der Waals surface area contributed by atoms with Crippen molar-refractivity contribution in [1.29, 1.82) is 0 Å². The van der Waals surface area contributed by atoms with Crippen LogP contribution in [0.4, 0.5) is 4.39 Å². The SMILES string of the molecule is CCC(CC)[C@@H](Oc1cc(F)cc(Cl)c1)[C@H](C)OC(=O)[C@@H](CC(=O)c1nccc(OC)c1OCOC(C)=O)C(C)C. The third-order valence-electron chi connectivity index (χ3n) is 6.72. The van der Waals surface area contributed by atoms with Crippen LogP contribution in [0.1, 0.15) is 71.3 Å². The summed E-state index contributed by atoms with van der Waals surface area (Å²) in [4.78, 5) is 42.1. The number of ether oxygens (including phenoxy) is 5. The van der Waals surface area contributed by atoms with Gasteiger partial charge in [-0.3, -0.25) is 14.4 Å². The van der Waals surface area contributed by atoms with Crippen molar-refractivity contribution in [2.75, 3.05) is 13.9 Å². The van der Waals surface area contributed by atoms with Gasteiger partial charge in [0.15, 0.2) is 23.0 Å². The number of ketones is 1. The Morgan fingerprint density at radius 2 is 1.76 bits per heavy atom. The number of Topliss-reactive ketones (excluding diaryl/α,β-unsaturated/α-hetero) is 1. The standard InChI is InChI=1S/C30H39ClFNO8/c1-8-20(9-2)28(41-23-13-21(31)12-22(32)14-23)18(5)40-30(36)24(17(3)4)15-25(35)27-29(39-16-38-19(6)34)26(37-7)10-11-33-27/h10-14,17-18,20,24,28H,8-9,15-16H2,1-7H3/t18-,24-,28-/m0/s1. The van der Waals surface area contributed by atoms with Crippen LogP contribution in [0.15, 0.2) is 30.5 Å². The fourth-order valence-electron chi connectivity index (χ4n) is 4.41. The summed E-state index contributed by atoms with van der Waals surface area (Å²) in [5.74, 6) is -2.79. The van der Waals surface area contributed by atoms with Gasteiger partial charge in [0, 0.05) is 36.7 Å². The first kappa shape index (κ1) is 33.8. The topological polar surface area (TPSA) is 110 Å². The third-order valence-corrected chi connectivity index (χ3v) is 6.94. The summed E-state index contributed by atoms with van der Waals surface area (Å²) in [5, 5.41) is 0.189. The highest BCUT2D eigenvalue weighted by Gasteiger charge is 2.35. The highest BCUT2D eigenvalue weighted by Crippen LogP contribution is 2.33. The Hall–Kier alpha value is -3.40. The van der Waals surface area contributed by atoms with Crippen LogP contribution in [0, 0.1) is 23.6 Å². The summed E-state index contributed by atoms with van der Waals surface area (Å²) in [6.45, 7) is 10.1. The van der Waals surface area contributed by atoms with Crippen LogP contribution < -0.4 is 14.2 Å². The minimum absolute atomic E-state index is 0.00134. The molecular weight excluding hydrogens is 557 g/mol. The van der Waals surface area contributed by atoms with Crippen molar-refractivity contribution in [2.24, 2.45) is 17.8 Å². The number of halogens is 2. The molecule has 0 amide bonds. The van der Waals surface area contributed by atoms with Crippen molar-refractivity contribution in [1.82, 2.24) is 4.98 Å². The van der Waals surface area contributed by atoms with Crippen LogP contribution in [0.25, 0.3) is 0 Å². The predicted molar refractivity (Wildman–Crippen MR) is 151 cm³/mol. The number of nitrogens with zero attached hydrogens (tertiary/aromatic N) is 1. The Balaban J connectivity index is 2.26. The fraction of sp³-hybridized carbons (Fsp3) is 0.533. The fourth-order valence-corrected chi connectivity index (χ4v) is 4.62. The molecule has 0 bridgehead atoms. The number of hydrogen-bond donors (Lipinski definition) is 0. The third kappa shape index (κ3) is 9.88. The first-order valence-corrected chi connectivity index (χ1v) is 13.9. The van der Waals surface area contributed by atoms with Crippen molar-refractivity contribution in [3.05, 3.63) is 47.0 Å². The second kappa shape index (κ2) is 16.1. The molecule has 3 atom stereocenters. The van der Waals surface area contributed by atoms with Gasteiger partial charge < -0.3 is 23.7 Å². The van der Waals surface area contributed by atoms with E-state index in [1.165, 1.54) is 44.5 Å². The average Bonchev–Trinajstić information content (AvgIpc) is 2.90. The zero-order chi connectivity index (χ0) is 30.7. The Bertz CT molecular complexity index is 1170. The maximum Gasteiger partial charge on any atom is 0.310 e. The molecule has 0 aliphatic heterocycles. The molecule has 0 spiro atoms. The van der Waals surface area contributed by atoms with Gasteiger partial charge in [0.2, 0.25) is 6.79 Å². The van der Waals surface area contributed by atoms with Crippen LogP contribution in [0.3, 0.4) is 0 Å². The molecule has 1 aromatic carbocycles. The van der Waals surface area contributed by atoms with E-state index < -0.39 is 48.5 Å². The quantitative estimate of drug-likeness (QED) is 0.123. The Kier molecular flexibility index (Phi) is 13.3. The van der Waals surface area contributed by atoms with E-state index in [0.29, 0.717) is 0 Å². The lowest BCUT2D eigenvalue weighted by atomic mass is 9.89. The van der Waals surface area contributed by atoms with Crippen LogP contribution in [0.5, 0.6) is 17.2 Å². The summed E-state index contributed by atoms with van der Waals surface area (Å²) in [7, 11) is 1.40. The lowest BCUT2D eigenvalue weighted by Crippen LogP contribution is -2.41. The van der Waals surface area contributed by atoms with Crippen molar-refractivity contribution >= 4 is 29.3 Å². The van der Waals surface area contributed by atoms with Crippen LogP contribution >= 0.6 is 11.6 Å². The molecule has 0 saturated heterocycles. The van der Waals surface area contributed by atoms with E-state index in [1.807, 2.05) is 27.7 Å². The molecule has 0 aliphatic carbocycles. The summed E-state index contributed by atoms with van der Waals surface area (Å²) >= 11 is 6.01. The van der Waals surface area contributed by atoms with E-state index in [0.717, 1.165) is 12.8 Å². The molecule has 0 fully saturated rings. The number of methoxy groups -OCH3 is 1. The van der Waals surface area contributed by atoms with Gasteiger partial charge in [0.25, 0.3) is 0 Å². The van der Waals surface area contributed by atoms with Crippen molar-refractivity contribution in [2.45, 2.75) is 73.0 Å². The largest absolute Gasteiger partial charge is 0.493 e. The van der Waals surface area contributed by atoms with Gasteiger partial charge in [0.1, 0.15) is 23.8 Å². The molecule has 0 N–H and O–H groups in total. The van der Waals surface area contributed by atoms with Gasteiger partial charge in [0.05, 0.1) is 13.0 Å². The van der Waals surface area contributed by atoms with Crippen LogP contribution in [0.2, 0.25) is 5.02 Å². The monoisotopic (exact) mass is 595 g/mol. The number of hydrogen-bond acceptors (Lipinski definition) is 9. The summed E-state index contributed by atoms with van der Waals surface area (Å²) in [5.41, 5.74) is -0.0655. The molecule has 0 radical (unpaired) electrons. The van der Waals surface area contributed by atoms with Crippen molar-refractivity contribution < 1.29 is 42.5 Å². The summed E-state index contributed by atoms with van der Waals surface area (Å²) in [6.07, 6.45) is 1.32. The normalized spacial score (nSPS) is 13.3. The molecule has 0 unspecified atom stereocenters. The lowest BCUT2D eigenvalue weighted by Gasteiger charge is -2.32. The number of esters is 2. The molecule has 1 aromatic heterocycles. The predicted octanol–water partition coefficient (Wildman–Crippen LogP) is 6.44. The molecule has 0 saturated carbocycles. The second-order valence-electron chi connectivity index (χ2n) is 9.97. The summed E-state index contributed by atoms with van der Waals surface area (Å²) in [6, 6.07) is 5.41. The van der Waals surface area contributed by atoms with Crippen molar-refractivity contribution in [3.8, 4) is 17.2 Å². The Morgan fingerprint density at radius 3 is 2.32 bits per heavy atom. The first-order valence-electron chi connectivity index (χ1n) is 13.6. The van der Waals surface area contributed by atoms with Gasteiger partial charge in [-0.2, -0.15) is 0 Å². The average molecular weight is 596 g/mol. The Morgan fingerprint density at radius 1 is 1.07 bits per heavy atom. The molecule has 11 heteroatoms. The zero-order valence-electron chi connectivity index (χ0n) is 24.6. The molecule has 226 valence electrons. The first-order chi connectivity index (χ1) is 19.4. The highest BCUT2D eigenvalue weighted by molar-refractivity contribution is 6.30. The molecule has 41 heavy (non-hydrogen) atoms. The molecule has 1 heterocycles. The highest BCUT2D eigenvalue weighted by atomic mass is 35.5. The molecule has 2 aromatic rings. The van der Waals surface area contributed by atoms with Crippen LogP contribution in [-0.4, -0.2) is 48.8 Å². The number of rotatable bonds is 16. The van der Waals surface area contributed by atoms with E-state index in [9.17, 15) is 18.8 Å². The van der Waals surface area contributed by atoms with Gasteiger partial charge in [-0.05, 0) is 43.7 Å². The maximum atomic E-state index is 14.0. The number of aromatic nitrogens is 1. The van der Waals surface area contributed by atoms with Gasteiger partial charge >= 0.3 is 11.9 Å². The molecule has 2 rings (SSSR count). The van der Waals surface area contributed by atoms with Gasteiger partial charge in [-0.1, -0.05) is 39.3 Å². The lowest BCUT2D eigenvalue weighted by molar-refractivity contribution is -0.161. The van der Waals surface area contributed by atoms with E-state index >= 15 is 0 Å². The van der Waals surface area contributed by atoms with E-state index in [2.05, 4.69) is 4.98 Å².